The van der Waals surface area contributed by atoms with E-state index in [0.717, 1.165) is 5.92 Å². The van der Waals surface area contributed by atoms with Gasteiger partial charge in [-0.3, -0.25) is 4.31 Å². The van der Waals surface area contributed by atoms with E-state index < -0.39 is 0 Å². The van der Waals surface area contributed by atoms with Crippen LogP contribution in [0.15, 0.2) is 0 Å². The first-order valence-corrected chi connectivity index (χ1v) is 5.13. The zero-order valence-corrected chi connectivity index (χ0v) is 8.90. The number of rotatable bonds is 0. The molecule has 1 aliphatic heterocycles. The Morgan fingerprint density at radius 1 is 1.18 bits per heavy atom. The first-order valence-electron chi connectivity index (χ1n) is 4.73. The van der Waals surface area contributed by atoms with E-state index >= 15 is 0 Å². The van der Waals surface area contributed by atoms with Crippen LogP contribution >= 0.6 is 12.8 Å². The molecular weight excluding hydrogens is 154 g/mol. The van der Waals surface area contributed by atoms with Gasteiger partial charge in [0.25, 0.3) is 0 Å². The second-order valence-electron chi connectivity index (χ2n) is 2.99. The Labute approximate surface area is 76.7 Å². The van der Waals surface area contributed by atoms with Gasteiger partial charge < -0.3 is 0 Å². The third kappa shape index (κ3) is 5.57. The maximum Gasteiger partial charge on any atom is 0.00895 e. The number of hydrogen-bond donors (Lipinski definition) is 1. The van der Waals surface area contributed by atoms with Crippen molar-refractivity contribution >= 4 is 12.8 Å². The van der Waals surface area contributed by atoms with Crippen molar-refractivity contribution in [3.63, 3.8) is 0 Å². The molecule has 1 unspecified atom stereocenters. The molecule has 0 aromatic heterocycles. The first-order chi connectivity index (χ1) is 5.29. The molecule has 0 saturated carbocycles. The van der Waals surface area contributed by atoms with Gasteiger partial charge in [0.15, 0.2) is 0 Å². The molecule has 0 amide bonds. The van der Waals surface area contributed by atoms with Crippen LogP contribution in [0, 0.1) is 5.92 Å². The molecule has 1 nitrogen and oxygen atoms in total. The molecule has 0 aromatic rings. The van der Waals surface area contributed by atoms with Crippen molar-refractivity contribution in [3.8, 4) is 0 Å². The Hall–Kier alpha value is 0.310. The summed E-state index contributed by atoms with van der Waals surface area (Å²) in [5.74, 6) is 0.919. The number of hydrogen-bond acceptors (Lipinski definition) is 2. The highest BCUT2D eigenvalue weighted by Gasteiger charge is 2.09. The van der Waals surface area contributed by atoms with Crippen molar-refractivity contribution in [2.75, 3.05) is 13.1 Å². The van der Waals surface area contributed by atoms with E-state index in [4.69, 9.17) is 0 Å². The molecule has 0 spiro atoms. The first kappa shape index (κ1) is 11.3. The smallest absolute Gasteiger partial charge is 0.00895 e. The molecule has 2 heteroatoms. The number of nitrogens with zero attached hydrogens (tertiary/aromatic N) is 1. The minimum absolute atomic E-state index is 0.919. The molecule has 0 aliphatic carbocycles. The minimum atomic E-state index is 0.919. The number of thiol groups is 1. The van der Waals surface area contributed by atoms with Crippen LogP contribution in [0.5, 0.6) is 0 Å². The van der Waals surface area contributed by atoms with Crippen LogP contribution in [-0.4, -0.2) is 17.4 Å². The standard InChI is InChI=1S/C7H15NS.C2H6/c1-7-3-2-5-8(9)6-4-7;1-2/h7,9H,2-6H2,1H3;1-2H3. The second-order valence-corrected chi connectivity index (χ2v) is 3.56. The molecule has 0 N–H and O–H groups in total. The monoisotopic (exact) mass is 175 g/mol. The molecule has 1 heterocycles. The van der Waals surface area contributed by atoms with E-state index in [1.807, 2.05) is 13.8 Å². The highest BCUT2D eigenvalue weighted by atomic mass is 32.1. The molecule has 0 radical (unpaired) electrons. The van der Waals surface area contributed by atoms with Gasteiger partial charge in [0.1, 0.15) is 0 Å². The Bertz CT molecular complexity index is 75.6. The molecule has 1 atom stereocenters. The fourth-order valence-electron chi connectivity index (χ4n) is 1.25. The maximum absolute atomic E-state index is 4.30. The van der Waals surface area contributed by atoms with Crippen molar-refractivity contribution in [1.82, 2.24) is 4.31 Å². The third-order valence-electron chi connectivity index (χ3n) is 1.99. The maximum atomic E-state index is 4.30. The largest absolute Gasteiger partial charge is 0.253 e. The van der Waals surface area contributed by atoms with Gasteiger partial charge in [0.05, 0.1) is 0 Å². The fraction of sp³-hybridized carbons (Fsp3) is 1.00. The van der Waals surface area contributed by atoms with Gasteiger partial charge in [0.2, 0.25) is 0 Å². The normalized spacial score (nSPS) is 26.7. The lowest BCUT2D eigenvalue weighted by Gasteiger charge is -2.09. The highest BCUT2D eigenvalue weighted by molar-refractivity contribution is 7.77. The molecule has 1 saturated heterocycles. The van der Waals surface area contributed by atoms with Gasteiger partial charge in [-0.25, -0.2) is 0 Å². The molecule has 1 fully saturated rings. The predicted octanol–water partition coefficient (Wildman–Crippen LogP) is 2.98. The Morgan fingerprint density at radius 3 is 2.45 bits per heavy atom. The van der Waals surface area contributed by atoms with Crippen LogP contribution in [0.3, 0.4) is 0 Å². The highest BCUT2D eigenvalue weighted by Crippen LogP contribution is 2.16. The van der Waals surface area contributed by atoms with Crippen molar-refractivity contribution < 1.29 is 0 Å². The van der Waals surface area contributed by atoms with Crippen LogP contribution in [0.1, 0.15) is 40.0 Å². The van der Waals surface area contributed by atoms with Crippen molar-refractivity contribution in [3.05, 3.63) is 0 Å². The Morgan fingerprint density at radius 2 is 1.82 bits per heavy atom. The molecule has 1 rings (SSSR count). The summed E-state index contributed by atoms with van der Waals surface area (Å²) in [5.41, 5.74) is 0. The van der Waals surface area contributed by atoms with Gasteiger partial charge in [0, 0.05) is 13.1 Å². The second kappa shape index (κ2) is 6.99. The lowest BCUT2D eigenvalue weighted by molar-refractivity contribution is 0.475. The zero-order valence-electron chi connectivity index (χ0n) is 8.01. The van der Waals surface area contributed by atoms with Crippen molar-refractivity contribution in [1.29, 1.82) is 0 Å². The summed E-state index contributed by atoms with van der Waals surface area (Å²) in [6.07, 6.45) is 4.03. The van der Waals surface area contributed by atoms with E-state index in [1.54, 1.807) is 0 Å². The summed E-state index contributed by atoms with van der Waals surface area (Å²) in [6, 6.07) is 0. The third-order valence-corrected chi connectivity index (χ3v) is 2.39. The van der Waals surface area contributed by atoms with Crippen LogP contribution in [0.25, 0.3) is 0 Å². The van der Waals surface area contributed by atoms with E-state index in [9.17, 15) is 0 Å². The van der Waals surface area contributed by atoms with Gasteiger partial charge in [-0.2, -0.15) is 0 Å². The van der Waals surface area contributed by atoms with Gasteiger partial charge >= 0.3 is 0 Å². The zero-order chi connectivity index (χ0) is 8.69. The lowest BCUT2D eigenvalue weighted by atomic mass is 10.0. The molecule has 0 aromatic carbocycles. The molecular formula is C9H21NS. The van der Waals surface area contributed by atoms with Crippen molar-refractivity contribution in [2.45, 2.75) is 40.0 Å². The van der Waals surface area contributed by atoms with Crippen LogP contribution in [0.2, 0.25) is 0 Å². The summed E-state index contributed by atoms with van der Waals surface area (Å²) >= 11 is 4.30. The quantitative estimate of drug-likeness (QED) is 0.554. The van der Waals surface area contributed by atoms with Gasteiger partial charge in [-0.05, 0) is 25.2 Å². The lowest BCUT2D eigenvalue weighted by Crippen LogP contribution is -2.12. The van der Waals surface area contributed by atoms with Gasteiger partial charge in [-0.1, -0.05) is 33.6 Å². The summed E-state index contributed by atoms with van der Waals surface area (Å²) in [7, 11) is 0. The summed E-state index contributed by atoms with van der Waals surface area (Å²) < 4.78 is 2.13. The van der Waals surface area contributed by atoms with E-state index in [-0.39, 0.29) is 0 Å². The summed E-state index contributed by atoms with van der Waals surface area (Å²) in [4.78, 5) is 0. The molecule has 1 aliphatic rings. The van der Waals surface area contributed by atoms with Crippen molar-refractivity contribution in [2.24, 2.45) is 5.92 Å². The molecule has 11 heavy (non-hydrogen) atoms. The van der Waals surface area contributed by atoms with Crippen LogP contribution < -0.4 is 0 Å². The van der Waals surface area contributed by atoms with E-state index in [1.165, 1.54) is 32.4 Å². The van der Waals surface area contributed by atoms with E-state index in [2.05, 4.69) is 24.0 Å². The summed E-state index contributed by atoms with van der Waals surface area (Å²) in [5, 5.41) is 0. The fourth-order valence-corrected chi connectivity index (χ4v) is 1.50. The van der Waals surface area contributed by atoms with Gasteiger partial charge in [-0.15, -0.1) is 0 Å². The summed E-state index contributed by atoms with van der Waals surface area (Å²) in [6.45, 7) is 8.67. The molecule has 0 bridgehead atoms. The Kier molecular flexibility index (Phi) is 7.18. The average Bonchev–Trinajstić information content (AvgIpc) is 2.20. The van der Waals surface area contributed by atoms with Crippen LogP contribution in [-0.2, 0) is 0 Å². The molecule has 68 valence electrons. The SMILES string of the molecule is CC.CC1CCCN(S)CC1. The Balaban J connectivity index is 0.000000461. The minimum Gasteiger partial charge on any atom is -0.253 e. The average molecular weight is 175 g/mol. The van der Waals surface area contributed by atoms with Crippen LogP contribution in [0.4, 0.5) is 0 Å². The topological polar surface area (TPSA) is 3.24 Å². The predicted molar refractivity (Wildman–Crippen MR) is 54.9 cm³/mol. The van der Waals surface area contributed by atoms with E-state index in [0.29, 0.717) is 0 Å².